The second-order valence-corrected chi connectivity index (χ2v) is 2.58. The molecule has 0 radical (unpaired) electrons. The summed E-state index contributed by atoms with van der Waals surface area (Å²) < 4.78 is 12.4. The molecule has 1 saturated heterocycles. The van der Waals surface area contributed by atoms with Gasteiger partial charge >= 0.3 is 0 Å². The van der Waals surface area contributed by atoms with Gasteiger partial charge in [0.05, 0.1) is 0 Å². The van der Waals surface area contributed by atoms with E-state index in [0.717, 1.165) is 0 Å². The molecule has 0 aromatic carbocycles. The van der Waals surface area contributed by atoms with Gasteiger partial charge in [0.2, 0.25) is 5.91 Å². The first-order valence-electron chi connectivity index (χ1n) is 3.12. The number of amides is 1. The average Bonchev–Trinajstić information content (AvgIpc) is 1.59. The summed E-state index contributed by atoms with van der Waals surface area (Å²) in [7, 11) is 0. The molecule has 0 bridgehead atoms. The van der Waals surface area contributed by atoms with Gasteiger partial charge < -0.3 is 5.32 Å². The number of hydrogen-bond donors (Lipinski definition) is 1. The van der Waals surface area contributed by atoms with E-state index in [2.05, 4.69) is 5.32 Å². The summed E-state index contributed by atoms with van der Waals surface area (Å²) >= 11 is 0. The number of alkyl halides is 1. The Bertz CT molecular complexity index is 114. The Morgan fingerprint density at radius 2 is 2.44 bits per heavy atom. The molecule has 1 aliphatic heterocycles. The van der Waals surface area contributed by atoms with Crippen LogP contribution < -0.4 is 5.32 Å². The highest BCUT2D eigenvalue weighted by Crippen LogP contribution is 2.15. The third-order valence-corrected chi connectivity index (χ3v) is 1.46. The molecular formula is C6H10FNO. The van der Waals surface area contributed by atoms with Gasteiger partial charge in [0.1, 0.15) is 0 Å². The molecule has 0 aromatic rings. The van der Waals surface area contributed by atoms with E-state index < -0.39 is 6.30 Å². The smallest absolute Gasteiger partial charge is 0.222 e. The van der Waals surface area contributed by atoms with E-state index in [-0.39, 0.29) is 11.8 Å². The Labute approximate surface area is 53.4 Å². The summed E-state index contributed by atoms with van der Waals surface area (Å²) in [5, 5.41) is 2.20. The van der Waals surface area contributed by atoms with E-state index in [9.17, 15) is 9.18 Å². The van der Waals surface area contributed by atoms with Crippen molar-refractivity contribution < 1.29 is 9.18 Å². The maximum Gasteiger partial charge on any atom is 0.222 e. The maximum atomic E-state index is 12.4. The van der Waals surface area contributed by atoms with Gasteiger partial charge in [-0.05, 0) is 5.92 Å². The molecule has 1 fully saturated rings. The van der Waals surface area contributed by atoms with Crippen molar-refractivity contribution in [2.75, 3.05) is 0 Å². The van der Waals surface area contributed by atoms with Crippen molar-refractivity contribution >= 4 is 5.91 Å². The van der Waals surface area contributed by atoms with Crippen LogP contribution >= 0.6 is 0 Å². The SMILES string of the molecule is CC1CC(=O)NC(F)C1. The van der Waals surface area contributed by atoms with Gasteiger partial charge in [-0.1, -0.05) is 6.92 Å². The summed E-state index contributed by atoms with van der Waals surface area (Å²) in [5.41, 5.74) is 0. The fraction of sp³-hybridized carbons (Fsp3) is 0.833. The quantitative estimate of drug-likeness (QED) is 0.485. The number of hydrogen-bond acceptors (Lipinski definition) is 1. The fourth-order valence-electron chi connectivity index (χ4n) is 1.05. The van der Waals surface area contributed by atoms with Crippen molar-refractivity contribution in [2.24, 2.45) is 5.92 Å². The number of rotatable bonds is 0. The van der Waals surface area contributed by atoms with Gasteiger partial charge in [-0.25, -0.2) is 4.39 Å². The van der Waals surface area contributed by atoms with Crippen LogP contribution in [0.1, 0.15) is 19.8 Å². The molecule has 0 spiro atoms. The fourth-order valence-corrected chi connectivity index (χ4v) is 1.05. The van der Waals surface area contributed by atoms with E-state index in [1.54, 1.807) is 0 Å². The van der Waals surface area contributed by atoms with Crippen LogP contribution in [0.3, 0.4) is 0 Å². The van der Waals surface area contributed by atoms with Crippen molar-refractivity contribution in [1.29, 1.82) is 0 Å². The lowest BCUT2D eigenvalue weighted by atomic mass is 9.99. The molecule has 0 saturated carbocycles. The van der Waals surface area contributed by atoms with Crippen molar-refractivity contribution in [3.63, 3.8) is 0 Å². The number of nitrogens with one attached hydrogen (secondary N) is 1. The van der Waals surface area contributed by atoms with E-state index in [0.29, 0.717) is 12.8 Å². The van der Waals surface area contributed by atoms with Gasteiger partial charge in [0, 0.05) is 12.8 Å². The molecule has 0 aromatic heterocycles. The largest absolute Gasteiger partial charge is 0.326 e. The van der Waals surface area contributed by atoms with Crippen molar-refractivity contribution in [3.05, 3.63) is 0 Å². The Morgan fingerprint density at radius 3 is 2.89 bits per heavy atom. The molecule has 2 nitrogen and oxygen atoms in total. The molecule has 1 aliphatic rings. The third kappa shape index (κ3) is 1.66. The monoisotopic (exact) mass is 131 g/mol. The lowest BCUT2D eigenvalue weighted by Gasteiger charge is -2.21. The van der Waals surface area contributed by atoms with Crippen molar-refractivity contribution in [3.8, 4) is 0 Å². The van der Waals surface area contributed by atoms with Crippen LogP contribution in [0, 0.1) is 5.92 Å². The van der Waals surface area contributed by atoms with Crippen molar-refractivity contribution in [2.45, 2.75) is 26.1 Å². The van der Waals surface area contributed by atoms with Crippen LogP contribution in [-0.4, -0.2) is 12.2 Å². The van der Waals surface area contributed by atoms with E-state index in [4.69, 9.17) is 0 Å². The number of halogens is 1. The van der Waals surface area contributed by atoms with Gasteiger partial charge in [-0.2, -0.15) is 0 Å². The summed E-state index contributed by atoms with van der Waals surface area (Å²) in [6.07, 6.45) is -0.173. The second kappa shape index (κ2) is 2.33. The summed E-state index contributed by atoms with van der Waals surface area (Å²) in [5.74, 6) is 0.0370. The van der Waals surface area contributed by atoms with Gasteiger partial charge in [-0.3, -0.25) is 4.79 Å². The number of carbonyl (C=O) groups excluding carboxylic acids is 1. The maximum absolute atomic E-state index is 12.4. The molecule has 1 rings (SSSR count). The van der Waals surface area contributed by atoms with Gasteiger partial charge in [0.15, 0.2) is 6.30 Å². The molecule has 52 valence electrons. The highest BCUT2D eigenvalue weighted by Gasteiger charge is 2.22. The normalized spacial score (nSPS) is 36.0. The molecule has 2 atom stereocenters. The Kier molecular flexibility index (Phi) is 1.69. The molecular weight excluding hydrogens is 121 g/mol. The minimum atomic E-state index is -1.11. The standard InChI is InChI=1S/C6H10FNO/c1-4-2-5(7)8-6(9)3-4/h4-5H,2-3H2,1H3,(H,8,9). The first kappa shape index (κ1) is 6.52. The lowest BCUT2D eigenvalue weighted by molar-refractivity contribution is -0.126. The number of carbonyl (C=O) groups is 1. The first-order valence-corrected chi connectivity index (χ1v) is 3.12. The van der Waals surface area contributed by atoms with Crippen LogP contribution in [0.5, 0.6) is 0 Å². The minimum Gasteiger partial charge on any atom is -0.326 e. The van der Waals surface area contributed by atoms with Gasteiger partial charge in [0.25, 0.3) is 0 Å². The van der Waals surface area contributed by atoms with E-state index in [1.807, 2.05) is 6.92 Å². The molecule has 1 heterocycles. The summed E-state index contributed by atoms with van der Waals surface area (Å²) in [4.78, 5) is 10.5. The minimum absolute atomic E-state index is 0.166. The Hall–Kier alpha value is -0.600. The van der Waals surface area contributed by atoms with Crippen LogP contribution in [-0.2, 0) is 4.79 Å². The zero-order valence-electron chi connectivity index (χ0n) is 5.36. The summed E-state index contributed by atoms with van der Waals surface area (Å²) in [6, 6.07) is 0. The highest BCUT2D eigenvalue weighted by molar-refractivity contribution is 5.77. The second-order valence-electron chi connectivity index (χ2n) is 2.58. The number of piperidine rings is 1. The summed E-state index contributed by atoms with van der Waals surface area (Å²) in [6.45, 7) is 1.88. The predicted molar refractivity (Wildman–Crippen MR) is 31.4 cm³/mol. The van der Waals surface area contributed by atoms with Crippen LogP contribution in [0.25, 0.3) is 0 Å². The van der Waals surface area contributed by atoms with Crippen molar-refractivity contribution in [1.82, 2.24) is 5.32 Å². The zero-order valence-corrected chi connectivity index (χ0v) is 5.36. The molecule has 1 N–H and O–H groups in total. The average molecular weight is 131 g/mol. The Balaban J connectivity index is 2.43. The predicted octanol–water partition coefficient (Wildman–Crippen LogP) is 0.828. The van der Waals surface area contributed by atoms with Crippen LogP contribution in [0.4, 0.5) is 4.39 Å². The molecule has 3 heteroatoms. The molecule has 9 heavy (non-hydrogen) atoms. The van der Waals surface area contributed by atoms with E-state index in [1.165, 1.54) is 0 Å². The topological polar surface area (TPSA) is 29.1 Å². The zero-order chi connectivity index (χ0) is 6.85. The van der Waals surface area contributed by atoms with Crippen LogP contribution in [0.15, 0.2) is 0 Å². The Morgan fingerprint density at radius 1 is 1.78 bits per heavy atom. The lowest BCUT2D eigenvalue weighted by Crippen LogP contribution is -2.38. The van der Waals surface area contributed by atoms with Crippen LogP contribution in [0.2, 0.25) is 0 Å². The third-order valence-electron chi connectivity index (χ3n) is 1.46. The molecule has 2 unspecified atom stereocenters. The highest BCUT2D eigenvalue weighted by atomic mass is 19.1. The first-order chi connectivity index (χ1) is 4.18. The van der Waals surface area contributed by atoms with E-state index >= 15 is 0 Å². The molecule has 1 amide bonds. The molecule has 0 aliphatic carbocycles. The van der Waals surface area contributed by atoms with Gasteiger partial charge in [-0.15, -0.1) is 0 Å².